The van der Waals surface area contributed by atoms with Crippen LogP contribution in [-0.2, 0) is 0 Å². The van der Waals surface area contributed by atoms with Gasteiger partial charge in [0.25, 0.3) is 11.8 Å². The lowest BCUT2D eigenvalue weighted by molar-refractivity contribution is -0.0125. The van der Waals surface area contributed by atoms with E-state index in [2.05, 4.69) is 4.98 Å². The molecule has 2 aliphatic rings. The molecule has 1 aromatic rings. The Hall–Kier alpha value is -1.60. The first kappa shape index (κ1) is 15.3. The molecule has 0 spiro atoms. The molecular formula is C15H19F2N3O2. The number of carbonyl (C=O) groups is 1. The summed E-state index contributed by atoms with van der Waals surface area (Å²) in [4.78, 5) is 19.6. The number of hydrogen-bond acceptors (Lipinski definition) is 4. The predicted octanol–water partition coefficient (Wildman–Crippen LogP) is 0.916. The number of pyridine rings is 1. The van der Waals surface area contributed by atoms with E-state index in [9.17, 15) is 18.7 Å². The lowest BCUT2D eigenvalue weighted by atomic mass is 10.0. The molecule has 2 saturated heterocycles. The van der Waals surface area contributed by atoms with Crippen molar-refractivity contribution in [2.24, 2.45) is 0 Å². The molecule has 2 aliphatic heterocycles. The zero-order valence-corrected chi connectivity index (χ0v) is 12.4. The van der Waals surface area contributed by atoms with Crippen molar-refractivity contribution in [3.05, 3.63) is 29.6 Å². The first-order valence-electron chi connectivity index (χ1n) is 7.36. The third-order valence-electron chi connectivity index (χ3n) is 4.39. The molecule has 7 heteroatoms. The zero-order valence-electron chi connectivity index (χ0n) is 12.4. The number of alkyl halides is 2. The van der Waals surface area contributed by atoms with Gasteiger partial charge in [0.2, 0.25) is 0 Å². The number of aliphatic hydroxyl groups is 1. The van der Waals surface area contributed by atoms with Gasteiger partial charge in [-0.05, 0) is 19.1 Å². The van der Waals surface area contributed by atoms with Crippen molar-refractivity contribution in [3.8, 4) is 0 Å². The number of carbonyl (C=O) groups excluding carboxylic acids is 1. The van der Waals surface area contributed by atoms with Crippen LogP contribution in [0.25, 0.3) is 0 Å². The molecule has 0 aliphatic carbocycles. The van der Waals surface area contributed by atoms with Crippen molar-refractivity contribution in [2.75, 3.05) is 26.2 Å². The van der Waals surface area contributed by atoms with Crippen LogP contribution in [0.5, 0.6) is 0 Å². The molecule has 0 radical (unpaired) electrons. The SMILES string of the molecule is Cc1cc(C(=O)N2CC(N3CC(F)(F)C[C@H]3CO)C2)ccn1. The topological polar surface area (TPSA) is 56.7 Å². The summed E-state index contributed by atoms with van der Waals surface area (Å²) < 4.78 is 27.0. The maximum absolute atomic E-state index is 13.5. The van der Waals surface area contributed by atoms with Gasteiger partial charge in [-0.1, -0.05) is 0 Å². The van der Waals surface area contributed by atoms with Crippen LogP contribution in [0.3, 0.4) is 0 Å². The van der Waals surface area contributed by atoms with Gasteiger partial charge in [0.15, 0.2) is 0 Å². The molecule has 1 amide bonds. The fraction of sp³-hybridized carbons (Fsp3) is 0.600. The number of amides is 1. The summed E-state index contributed by atoms with van der Waals surface area (Å²) in [5.41, 5.74) is 1.33. The minimum Gasteiger partial charge on any atom is -0.395 e. The van der Waals surface area contributed by atoms with E-state index in [0.717, 1.165) is 5.69 Å². The first-order chi connectivity index (χ1) is 10.4. The number of nitrogens with zero attached hydrogens (tertiary/aromatic N) is 3. The highest BCUT2D eigenvalue weighted by Crippen LogP contribution is 2.35. The van der Waals surface area contributed by atoms with E-state index < -0.39 is 12.0 Å². The third kappa shape index (κ3) is 2.83. The second-order valence-corrected chi connectivity index (χ2v) is 6.12. The van der Waals surface area contributed by atoms with Gasteiger partial charge in [0, 0.05) is 49.0 Å². The number of aryl methyl sites for hydroxylation is 1. The zero-order chi connectivity index (χ0) is 15.9. The van der Waals surface area contributed by atoms with E-state index in [1.165, 1.54) is 0 Å². The lowest BCUT2D eigenvalue weighted by Crippen LogP contribution is -2.62. The van der Waals surface area contributed by atoms with Gasteiger partial charge in [0.1, 0.15) is 0 Å². The van der Waals surface area contributed by atoms with Gasteiger partial charge in [-0.15, -0.1) is 0 Å². The van der Waals surface area contributed by atoms with Crippen LogP contribution in [0.1, 0.15) is 22.5 Å². The average molecular weight is 311 g/mol. The van der Waals surface area contributed by atoms with Crippen molar-refractivity contribution >= 4 is 5.91 Å². The second-order valence-electron chi connectivity index (χ2n) is 6.12. The van der Waals surface area contributed by atoms with E-state index in [4.69, 9.17) is 0 Å². The number of aromatic nitrogens is 1. The number of hydrogen-bond donors (Lipinski definition) is 1. The Labute approximate surface area is 127 Å². The van der Waals surface area contributed by atoms with Crippen LogP contribution in [-0.4, -0.2) is 70.0 Å². The molecule has 1 N–H and O–H groups in total. The highest BCUT2D eigenvalue weighted by atomic mass is 19.3. The first-order valence-corrected chi connectivity index (χ1v) is 7.36. The Bertz CT molecular complexity index is 576. The molecule has 1 aromatic heterocycles. The Kier molecular flexibility index (Phi) is 3.86. The van der Waals surface area contributed by atoms with Crippen molar-refractivity contribution in [3.63, 3.8) is 0 Å². The fourth-order valence-electron chi connectivity index (χ4n) is 3.21. The summed E-state index contributed by atoms with van der Waals surface area (Å²) in [7, 11) is 0. The maximum Gasteiger partial charge on any atom is 0.262 e. The average Bonchev–Trinajstić information content (AvgIpc) is 2.72. The molecule has 3 heterocycles. The lowest BCUT2D eigenvalue weighted by Gasteiger charge is -2.45. The Morgan fingerprint density at radius 1 is 1.50 bits per heavy atom. The van der Waals surface area contributed by atoms with E-state index in [-0.39, 0.29) is 31.5 Å². The quantitative estimate of drug-likeness (QED) is 0.902. The molecular weight excluding hydrogens is 292 g/mol. The Morgan fingerprint density at radius 3 is 2.86 bits per heavy atom. The number of halogens is 2. The predicted molar refractivity (Wildman–Crippen MR) is 75.8 cm³/mol. The molecule has 5 nitrogen and oxygen atoms in total. The van der Waals surface area contributed by atoms with E-state index in [0.29, 0.717) is 18.7 Å². The molecule has 0 unspecified atom stereocenters. The van der Waals surface area contributed by atoms with E-state index in [1.807, 2.05) is 6.92 Å². The van der Waals surface area contributed by atoms with Crippen LogP contribution >= 0.6 is 0 Å². The van der Waals surface area contributed by atoms with Crippen LogP contribution in [0, 0.1) is 6.92 Å². The van der Waals surface area contributed by atoms with Crippen LogP contribution in [0.2, 0.25) is 0 Å². The van der Waals surface area contributed by atoms with Gasteiger partial charge in [-0.25, -0.2) is 8.78 Å². The minimum absolute atomic E-state index is 0.0996. The van der Waals surface area contributed by atoms with Gasteiger partial charge in [-0.3, -0.25) is 14.7 Å². The standard InChI is InChI=1S/C15H19F2N3O2/c1-10-4-11(2-3-18-10)14(22)19-6-13(7-19)20-9-15(16,17)5-12(20)8-21/h2-4,12-13,21H,5-9H2,1H3/t12-/m0/s1. The fourth-order valence-corrected chi connectivity index (χ4v) is 3.21. The summed E-state index contributed by atoms with van der Waals surface area (Å²) in [5.74, 6) is -2.85. The third-order valence-corrected chi connectivity index (χ3v) is 4.39. The monoisotopic (exact) mass is 311 g/mol. The normalized spacial score (nSPS) is 25.3. The maximum atomic E-state index is 13.5. The molecule has 3 rings (SSSR count). The molecule has 2 fully saturated rings. The molecule has 0 saturated carbocycles. The summed E-state index contributed by atoms with van der Waals surface area (Å²) in [6.45, 7) is 2.05. The van der Waals surface area contributed by atoms with Crippen molar-refractivity contribution in [1.82, 2.24) is 14.8 Å². The van der Waals surface area contributed by atoms with Crippen LogP contribution < -0.4 is 0 Å². The van der Waals surface area contributed by atoms with Crippen molar-refractivity contribution in [2.45, 2.75) is 31.4 Å². The Morgan fingerprint density at radius 2 is 2.23 bits per heavy atom. The summed E-state index contributed by atoms with van der Waals surface area (Å²) in [6.07, 6.45) is 1.28. The largest absolute Gasteiger partial charge is 0.395 e. The van der Waals surface area contributed by atoms with E-state index in [1.54, 1.807) is 28.1 Å². The Balaban J connectivity index is 1.61. The van der Waals surface area contributed by atoms with Crippen LogP contribution in [0.15, 0.2) is 18.3 Å². The van der Waals surface area contributed by atoms with Crippen molar-refractivity contribution < 1.29 is 18.7 Å². The van der Waals surface area contributed by atoms with E-state index >= 15 is 0 Å². The highest BCUT2D eigenvalue weighted by molar-refractivity contribution is 5.94. The summed E-state index contributed by atoms with van der Waals surface area (Å²) in [5, 5.41) is 9.26. The summed E-state index contributed by atoms with van der Waals surface area (Å²) >= 11 is 0. The van der Waals surface area contributed by atoms with Gasteiger partial charge < -0.3 is 10.0 Å². The molecule has 120 valence electrons. The van der Waals surface area contributed by atoms with Crippen LogP contribution in [0.4, 0.5) is 8.78 Å². The van der Waals surface area contributed by atoms with Gasteiger partial charge in [-0.2, -0.15) is 0 Å². The molecule has 0 aromatic carbocycles. The molecule has 0 bridgehead atoms. The number of likely N-dealkylation sites (tertiary alicyclic amines) is 2. The van der Waals surface area contributed by atoms with Gasteiger partial charge >= 0.3 is 0 Å². The smallest absolute Gasteiger partial charge is 0.262 e. The second kappa shape index (κ2) is 5.55. The van der Waals surface area contributed by atoms with Gasteiger partial charge in [0.05, 0.1) is 13.2 Å². The molecule has 1 atom stereocenters. The summed E-state index contributed by atoms with van der Waals surface area (Å²) in [6, 6.07) is 2.76. The number of rotatable bonds is 3. The number of aliphatic hydroxyl groups excluding tert-OH is 1. The minimum atomic E-state index is -2.75. The highest BCUT2D eigenvalue weighted by Gasteiger charge is 2.49. The van der Waals surface area contributed by atoms with Crippen molar-refractivity contribution in [1.29, 1.82) is 0 Å². The molecule has 22 heavy (non-hydrogen) atoms.